The summed E-state index contributed by atoms with van der Waals surface area (Å²) in [5.41, 5.74) is 4.67. The normalized spacial score (nSPS) is 11.2. The van der Waals surface area contributed by atoms with Gasteiger partial charge in [-0.05, 0) is 50.2 Å². The van der Waals surface area contributed by atoms with Gasteiger partial charge in [-0.1, -0.05) is 23.7 Å². The standard InChI is InChI=1S/C14H20ClN3OS/c1-3-19-10-4-9-16-14(20)18-17-11(2)12-5-7-13(15)8-6-12/h5-8H,3-4,9-10H2,1-2H3,(H2,16,18,20)/b17-11-. The molecule has 20 heavy (non-hydrogen) atoms. The zero-order valence-electron chi connectivity index (χ0n) is 11.8. The van der Waals surface area contributed by atoms with Crippen LogP contribution in [0.15, 0.2) is 29.4 Å². The van der Waals surface area contributed by atoms with Gasteiger partial charge in [-0.3, -0.25) is 5.43 Å². The fraction of sp³-hybridized carbons (Fsp3) is 0.429. The summed E-state index contributed by atoms with van der Waals surface area (Å²) >= 11 is 11.0. The lowest BCUT2D eigenvalue weighted by molar-refractivity contribution is 0.145. The molecule has 4 nitrogen and oxygen atoms in total. The molecule has 0 unspecified atom stereocenters. The van der Waals surface area contributed by atoms with Gasteiger partial charge in [0, 0.05) is 24.8 Å². The molecule has 1 aromatic rings. The minimum absolute atomic E-state index is 0.509. The van der Waals surface area contributed by atoms with Crippen LogP contribution in [-0.4, -0.2) is 30.6 Å². The van der Waals surface area contributed by atoms with E-state index < -0.39 is 0 Å². The fourth-order valence-electron chi connectivity index (χ4n) is 1.45. The number of benzene rings is 1. The second-order valence-corrected chi connectivity index (χ2v) is 4.97. The first-order chi connectivity index (χ1) is 9.63. The molecule has 0 fully saturated rings. The van der Waals surface area contributed by atoms with Gasteiger partial charge in [-0.2, -0.15) is 5.10 Å². The van der Waals surface area contributed by atoms with E-state index >= 15 is 0 Å². The van der Waals surface area contributed by atoms with E-state index in [0.717, 1.165) is 37.5 Å². The van der Waals surface area contributed by atoms with Crippen molar-refractivity contribution in [3.05, 3.63) is 34.9 Å². The van der Waals surface area contributed by atoms with E-state index in [1.165, 1.54) is 0 Å². The van der Waals surface area contributed by atoms with Gasteiger partial charge in [-0.15, -0.1) is 0 Å². The van der Waals surface area contributed by atoms with Crippen LogP contribution in [0.25, 0.3) is 0 Å². The van der Waals surface area contributed by atoms with Crippen LogP contribution in [0.3, 0.4) is 0 Å². The highest BCUT2D eigenvalue weighted by atomic mass is 35.5. The summed E-state index contributed by atoms with van der Waals surface area (Å²) in [4.78, 5) is 0. The minimum atomic E-state index is 0.509. The van der Waals surface area contributed by atoms with Crippen molar-refractivity contribution in [2.75, 3.05) is 19.8 Å². The van der Waals surface area contributed by atoms with Crippen molar-refractivity contribution in [2.45, 2.75) is 20.3 Å². The Morgan fingerprint density at radius 2 is 2.05 bits per heavy atom. The molecule has 1 rings (SSSR count). The zero-order chi connectivity index (χ0) is 14.8. The number of ether oxygens (including phenoxy) is 1. The molecule has 110 valence electrons. The maximum Gasteiger partial charge on any atom is 0.186 e. The van der Waals surface area contributed by atoms with E-state index in [4.69, 9.17) is 28.6 Å². The number of thiocarbonyl (C=S) groups is 1. The monoisotopic (exact) mass is 313 g/mol. The van der Waals surface area contributed by atoms with Crippen molar-refractivity contribution in [2.24, 2.45) is 5.10 Å². The van der Waals surface area contributed by atoms with Crippen LogP contribution in [0, 0.1) is 0 Å². The topological polar surface area (TPSA) is 45.6 Å². The van der Waals surface area contributed by atoms with Crippen LogP contribution in [0.5, 0.6) is 0 Å². The first-order valence-electron chi connectivity index (χ1n) is 6.55. The predicted octanol–water partition coefficient (Wildman–Crippen LogP) is 2.95. The first kappa shape index (κ1) is 16.9. The number of halogens is 1. The lowest BCUT2D eigenvalue weighted by atomic mass is 10.1. The first-order valence-corrected chi connectivity index (χ1v) is 7.34. The molecule has 0 spiro atoms. The Balaban J connectivity index is 2.31. The summed E-state index contributed by atoms with van der Waals surface area (Å²) in [5.74, 6) is 0. The maximum absolute atomic E-state index is 5.84. The molecule has 0 radical (unpaired) electrons. The minimum Gasteiger partial charge on any atom is -0.382 e. The molecule has 0 saturated heterocycles. The van der Waals surface area contributed by atoms with E-state index in [9.17, 15) is 0 Å². The zero-order valence-corrected chi connectivity index (χ0v) is 13.4. The third kappa shape index (κ3) is 6.84. The number of nitrogens with zero attached hydrogens (tertiary/aromatic N) is 1. The van der Waals surface area contributed by atoms with E-state index in [2.05, 4.69) is 15.8 Å². The lowest BCUT2D eigenvalue weighted by Crippen LogP contribution is -2.33. The molecule has 6 heteroatoms. The molecule has 0 atom stereocenters. The number of hydrazone groups is 1. The quantitative estimate of drug-likeness (QED) is 0.352. The molecule has 0 saturated carbocycles. The maximum atomic E-state index is 5.84. The molecule has 0 aliphatic carbocycles. The summed E-state index contributed by atoms with van der Waals surface area (Å²) in [6.45, 7) is 6.13. The molecule has 0 bridgehead atoms. The summed E-state index contributed by atoms with van der Waals surface area (Å²) < 4.78 is 5.24. The van der Waals surface area contributed by atoms with Crippen molar-refractivity contribution in [3.63, 3.8) is 0 Å². The van der Waals surface area contributed by atoms with Crippen LogP contribution in [0.1, 0.15) is 25.8 Å². The Morgan fingerprint density at radius 1 is 1.35 bits per heavy atom. The van der Waals surface area contributed by atoms with E-state index in [1.807, 2.05) is 38.1 Å². The van der Waals surface area contributed by atoms with E-state index in [1.54, 1.807) is 0 Å². The third-order valence-electron chi connectivity index (χ3n) is 2.54. The van der Waals surface area contributed by atoms with E-state index in [-0.39, 0.29) is 0 Å². The molecule has 1 aromatic carbocycles. The van der Waals surface area contributed by atoms with Crippen LogP contribution >= 0.6 is 23.8 Å². The molecule has 0 aliphatic rings. The number of nitrogens with one attached hydrogen (secondary N) is 2. The van der Waals surface area contributed by atoms with Crippen LogP contribution < -0.4 is 10.7 Å². The Kier molecular flexibility index (Phi) is 8.18. The Labute approximate surface area is 130 Å². The highest BCUT2D eigenvalue weighted by Gasteiger charge is 1.98. The molecular formula is C14H20ClN3OS. The number of hydrogen-bond donors (Lipinski definition) is 2. The average molecular weight is 314 g/mol. The van der Waals surface area contributed by atoms with Gasteiger partial charge in [-0.25, -0.2) is 0 Å². The van der Waals surface area contributed by atoms with Gasteiger partial charge in [0.25, 0.3) is 0 Å². The summed E-state index contributed by atoms with van der Waals surface area (Å²) in [6.07, 6.45) is 0.912. The van der Waals surface area contributed by atoms with Crippen molar-refractivity contribution < 1.29 is 4.74 Å². The van der Waals surface area contributed by atoms with Crippen molar-refractivity contribution in [1.29, 1.82) is 0 Å². The average Bonchev–Trinajstić information content (AvgIpc) is 2.45. The Hall–Kier alpha value is -1.17. The summed E-state index contributed by atoms with van der Waals surface area (Å²) in [7, 11) is 0. The Morgan fingerprint density at radius 3 is 2.70 bits per heavy atom. The van der Waals surface area contributed by atoms with Crippen LogP contribution in [0.4, 0.5) is 0 Å². The molecule has 0 amide bonds. The molecular weight excluding hydrogens is 294 g/mol. The fourth-order valence-corrected chi connectivity index (χ4v) is 1.72. The second-order valence-electron chi connectivity index (χ2n) is 4.12. The summed E-state index contributed by atoms with van der Waals surface area (Å²) in [6, 6.07) is 7.50. The molecule has 0 aliphatic heterocycles. The predicted molar refractivity (Wildman–Crippen MR) is 88.5 cm³/mol. The third-order valence-corrected chi connectivity index (χ3v) is 3.03. The van der Waals surface area contributed by atoms with E-state index in [0.29, 0.717) is 10.1 Å². The highest BCUT2D eigenvalue weighted by molar-refractivity contribution is 7.80. The van der Waals surface area contributed by atoms with Gasteiger partial charge < -0.3 is 10.1 Å². The molecule has 0 aromatic heterocycles. The highest BCUT2D eigenvalue weighted by Crippen LogP contribution is 2.09. The van der Waals surface area contributed by atoms with Gasteiger partial charge in [0.05, 0.1) is 5.71 Å². The number of rotatable bonds is 7. The number of hydrogen-bond acceptors (Lipinski definition) is 3. The van der Waals surface area contributed by atoms with Crippen LogP contribution in [-0.2, 0) is 4.74 Å². The van der Waals surface area contributed by atoms with Gasteiger partial charge >= 0.3 is 0 Å². The smallest absolute Gasteiger partial charge is 0.186 e. The summed E-state index contributed by atoms with van der Waals surface area (Å²) in [5, 5.41) is 8.52. The van der Waals surface area contributed by atoms with Gasteiger partial charge in [0.2, 0.25) is 0 Å². The van der Waals surface area contributed by atoms with Gasteiger partial charge in [0.15, 0.2) is 5.11 Å². The molecule has 0 heterocycles. The van der Waals surface area contributed by atoms with Crippen molar-refractivity contribution in [1.82, 2.24) is 10.7 Å². The van der Waals surface area contributed by atoms with Crippen LogP contribution in [0.2, 0.25) is 5.02 Å². The SMILES string of the molecule is CCOCCCNC(=S)N/N=C(/C)c1ccc(Cl)cc1. The lowest BCUT2D eigenvalue weighted by Gasteiger charge is -2.08. The Bertz CT molecular complexity index is 448. The van der Waals surface area contributed by atoms with Crippen molar-refractivity contribution >= 4 is 34.6 Å². The molecule has 2 N–H and O–H groups in total. The largest absolute Gasteiger partial charge is 0.382 e. The van der Waals surface area contributed by atoms with Crippen molar-refractivity contribution in [3.8, 4) is 0 Å². The second kappa shape index (κ2) is 9.69. The van der Waals surface area contributed by atoms with Gasteiger partial charge in [0.1, 0.15) is 0 Å².